The van der Waals surface area contributed by atoms with Gasteiger partial charge in [-0.15, -0.1) is 5.10 Å². The highest BCUT2D eigenvalue weighted by Crippen LogP contribution is 2.24. The highest BCUT2D eigenvalue weighted by molar-refractivity contribution is 7.98. The van der Waals surface area contributed by atoms with E-state index >= 15 is 0 Å². The Labute approximate surface area is 169 Å². The van der Waals surface area contributed by atoms with Crippen LogP contribution in [-0.2, 0) is 16.9 Å². The van der Waals surface area contributed by atoms with Crippen LogP contribution in [-0.4, -0.2) is 28.3 Å². The standard InChI is InChI=1S/C22H25N3O2S/c1-3-4-5-6-20-23-22(25-24-20)28-15-16-7-9-17(10-8-16)18-11-13-19(14-12-18)21(26)27-2/h7-14H,3-6,15H2,1-2H3,(H,23,24,25). The molecule has 1 heterocycles. The number of hydrogen-bond donors (Lipinski definition) is 1. The van der Waals surface area contributed by atoms with Gasteiger partial charge in [-0.25, -0.2) is 9.78 Å². The molecule has 3 rings (SSSR count). The van der Waals surface area contributed by atoms with E-state index < -0.39 is 0 Å². The summed E-state index contributed by atoms with van der Waals surface area (Å²) in [5.74, 6) is 1.48. The summed E-state index contributed by atoms with van der Waals surface area (Å²) in [6.07, 6.45) is 4.55. The Morgan fingerprint density at radius 2 is 1.71 bits per heavy atom. The molecule has 0 atom stereocenters. The molecular formula is C22H25N3O2S. The number of aromatic nitrogens is 3. The van der Waals surface area contributed by atoms with Crippen LogP contribution in [0.15, 0.2) is 53.7 Å². The minimum absolute atomic E-state index is 0.320. The van der Waals surface area contributed by atoms with Gasteiger partial charge in [-0.1, -0.05) is 67.9 Å². The maximum atomic E-state index is 11.5. The summed E-state index contributed by atoms with van der Waals surface area (Å²) >= 11 is 1.64. The van der Waals surface area contributed by atoms with Crippen molar-refractivity contribution in [3.63, 3.8) is 0 Å². The number of hydrogen-bond acceptors (Lipinski definition) is 5. The average molecular weight is 396 g/mol. The van der Waals surface area contributed by atoms with Crippen LogP contribution < -0.4 is 0 Å². The van der Waals surface area contributed by atoms with Crippen LogP contribution in [0, 0.1) is 0 Å². The molecule has 28 heavy (non-hydrogen) atoms. The average Bonchev–Trinajstić information content (AvgIpc) is 3.20. The van der Waals surface area contributed by atoms with Crippen molar-refractivity contribution in [3.8, 4) is 11.1 Å². The number of carbonyl (C=O) groups excluding carboxylic acids is 1. The van der Waals surface area contributed by atoms with Crippen molar-refractivity contribution in [2.75, 3.05) is 7.11 Å². The van der Waals surface area contributed by atoms with Crippen molar-refractivity contribution in [2.24, 2.45) is 0 Å². The number of ether oxygens (including phenoxy) is 1. The fourth-order valence-corrected chi connectivity index (χ4v) is 3.63. The second-order valence-electron chi connectivity index (χ2n) is 6.58. The van der Waals surface area contributed by atoms with E-state index in [9.17, 15) is 4.79 Å². The largest absolute Gasteiger partial charge is 0.465 e. The highest BCUT2D eigenvalue weighted by Gasteiger charge is 2.07. The predicted molar refractivity (Wildman–Crippen MR) is 112 cm³/mol. The molecule has 3 aromatic rings. The molecule has 0 aliphatic rings. The second-order valence-corrected chi connectivity index (χ2v) is 7.52. The van der Waals surface area contributed by atoms with Gasteiger partial charge in [0.05, 0.1) is 12.7 Å². The third-order valence-electron chi connectivity index (χ3n) is 4.49. The highest BCUT2D eigenvalue weighted by atomic mass is 32.2. The molecule has 1 aromatic heterocycles. The van der Waals surface area contributed by atoms with Crippen molar-refractivity contribution < 1.29 is 9.53 Å². The van der Waals surface area contributed by atoms with Gasteiger partial charge in [0.25, 0.3) is 0 Å². The molecule has 0 amide bonds. The van der Waals surface area contributed by atoms with Crippen LogP contribution in [0.5, 0.6) is 0 Å². The first kappa shape index (κ1) is 20.1. The van der Waals surface area contributed by atoms with E-state index in [0.717, 1.165) is 40.7 Å². The van der Waals surface area contributed by atoms with E-state index in [-0.39, 0.29) is 5.97 Å². The molecule has 0 saturated heterocycles. The first-order valence-electron chi connectivity index (χ1n) is 9.51. The smallest absolute Gasteiger partial charge is 0.337 e. The zero-order valence-electron chi connectivity index (χ0n) is 16.3. The number of thioether (sulfide) groups is 1. The molecule has 0 fully saturated rings. The van der Waals surface area contributed by atoms with E-state index in [0.29, 0.717) is 5.56 Å². The predicted octanol–water partition coefficient (Wildman–Crippen LogP) is 5.28. The number of unbranched alkanes of at least 4 members (excludes halogenated alkanes) is 2. The lowest BCUT2D eigenvalue weighted by Gasteiger charge is -2.05. The summed E-state index contributed by atoms with van der Waals surface area (Å²) < 4.78 is 4.73. The Kier molecular flexibility index (Phi) is 7.25. The Balaban J connectivity index is 1.55. The van der Waals surface area contributed by atoms with Crippen LogP contribution in [0.3, 0.4) is 0 Å². The van der Waals surface area contributed by atoms with E-state index in [1.54, 1.807) is 23.9 Å². The molecule has 2 aromatic carbocycles. The Bertz CT molecular complexity index is 889. The number of esters is 1. The summed E-state index contributed by atoms with van der Waals surface area (Å²) in [5.41, 5.74) is 3.95. The van der Waals surface area contributed by atoms with Crippen LogP contribution >= 0.6 is 11.8 Å². The normalized spacial score (nSPS) is 10.8. The first-order valence-corrected chi connectivity index (χ1v) is 10.5. The molecule has 0 unspecified atom stereocenters. The number of nitrogens with zero attached hydrogens (tertiary/aromatic N) is 2. The van der Waals surface area contributed by atoms with E-state index in [2.05, 4.69) is 46.4 Å². The Morgan fingerprint density at radius 3 is 2.36 bits per heavy atom. The van der Waals surface area contributed by atoms with Gasteiger partial charge >= 0.3 is 5.97 Å². The third-order valence-corrected chi connectivity index (χ3v) is 5.41. The van der Waals surface area contributed by atoms with Gasteiger partial charge in [-0.2, -0.15) is 0 Å². The van der Waals surface area contributed by atoms with E-state index in [1.807, 2.05) is 12.1 Å². The summed E-state index contributed by atoms with van der Waals surface area (Å²) in [6.45, 7) is 2.20. The van der Waals surface area contributed by atoms with Crippen molar-refractivity contribution >= 4 is 17.7 Å². The number of aryl methyl sites for hydroxylation is 1. The number of carbonyl (C=O) groups is 1. The molecule has 5 nitrogen and oxygen atoms in total. The summed E-state index contributed by atoms with van der Waals surface area (Å²) in [4.78, 5) is 16.1. The molecule has 6 heteroatoms. The van der Waals surface area contributed by atoms with E-state index in [1.165, 1.54) is 25.5 Å². The fraction of sp³-hybridized carbons (Fsp3) is 0.318. The first-order chi connectivity index (χ1) is 13.7. The summed E-state index contributed by atoms with van der Waals surface area (Å²) in [5, 5.41) is 8.13. The van der Waals surface area contributed by atoms with Crippen molar-refractivity contribution in [1.82, 2.24) is 15.2 Å². The third kappa shape index (κ3) is 5.45. The van der Waals surface area contributed by atoms with Crippen LogP contribution in [0.25, 0.3) is 11.1 Å². The minimum Gasteiger partial charge on any atom is -0.465 e. The van der Waals surface area contributed by atoms with Crippen LogP contribution in [0.2, 0.25) is 0 Å². The molecule has 0 bridgehead atoms. The molecule has 0 aliphatic heterocycles. The number of nitrogens with one attached hydrogen (secondary N) is 1. The number of rotatable bonds is 9. The number of H-pyrrole nitrogens is 1. The number of methoxy groups -OCH3 is 1. The Hall–Kier alpha value is -2.60. The summed E-state index contributed by atoms with van der Waals surface area (Å²) in [6, 6.07) is 15.9. The maximum absolute atomic E-state index is 11.5. The molecule has 146 valence electrons. The molecule has 0 radical (unpaired) electrons. The lowest BCUT2D eigenvalue weighted by Crippen LogP contribution is -2.00. The van der Waals surface area contributed by atoms with Gasteiger partial charge in [0.2, 0.25) is 5.16 Å². The van der Waals surface area contributed by atoms with Gasteiger partial charge in [0, 0.05) is 12.2 Å². The van der Waals surface area contributed by atoms with Gasteiger partial charge in [0.15, 0.2) is 0 Å². The molecular weight excluding hydrogens is 370 g/mol. The molecule has 0 aliphatic carbocycles. The zero-order valence-corrected chi connectivity index (χ0v) is 17.1. The van der Waals surface area contributed by atoms with E-state index in [4.69, 9.17) is 4.74 Å². The maximum Gasteiger partial charge on any atom is 0.337 e. The minimum atomic E-state index is -0.320. The quantitative estimate of drug-likeness (QED) is 0.303. The summed E-state index contributed by atoms with van der Waals surface area (Å²) in [7, 11) is 1.39. The fourth-order valence-electron chi connectivity index (χ4n) is 2.85. The molecule has 1 N–H and O–H groups in total. The van der Waals surface area contributed by atoms with Gasteiger partial charge in [0.1, 0.15) is 5.82 Å². The van der Waals surface area contributed by atoms with Crippen LogP contribution in [0.1, 0.15) is 47.9 Å². The van der Waals surface area contributed by atoms with Gasteiger partial charge < -0.3 is 4.74 Å². The van der Waals surface area contributed by atoms with Crippen molar-refractivity contribution in [1.29, 1.82) is 0 Å². The zero-order chi connectivity index (χ0) is 19.8. The SMILES string of the molecule is CCCCCc1nc(SCc2ccc(-c3ccc(C(=O)OC)cc3)cc2)n[nH]1. The second kappa shape index (κ2) is 10.1. The molecule has 0 saturated carbocycles. The number of benzene rings is 2. The van der Waals surface area contributed by atoms with Gasteiger partial charge in [-0.3, -0.25) is 5.10 Å². The lowest BCUT2D eigenvalue weighted by atomic mass is 10.0. The van der Waals surface area contributed by atoms with Crippen molar-refractivity contribution in [3.05, 3.63) is 65.5 Å². The monoisotopic (exact) mass is 395 g/mol. The number of aromatic amines is 1. The van der Waals surface area contributed by atoms with Crippen LogP contribution in [0.4, 0.5) is 0 Å². The Morgan fingerprint density at radius 1 is 1.04 bits per heavy atom. The topological polar surface area (TPSA) is 67.9 Å². The van der Waals surface area contributed by atoms with Crippen molar-refractivity contribution in [2.45, 2.75) is 43.5 Å². The lowest BCUT2D eigenvalue weighted by molar-refractivity contribution is 0.0601. The van der Waals surface area contributed by atoms with Gasteiger partial charge in [-0.05, 0) is 35.2 Å². The molecule has 0 spiro atoms.